The predicted molar refractivity (Wildman–Crippen MR) is 79.0 cm³/mol. The highest BCUT2D eigenvalue weighted by Gasteiger charge is 2.17. The summed E-state index contributed by atoms with van der Waals surface area (Å²) >= 11 is 0. The molecule has 0 atom stereocenters. The van der Waals surface area contributed by atoms with Crippen LogP contribution in [0, 0.1) is 0 Å². The molecule has 8 heteroatoms. The van der Waals surface area contributed by atoms with Crippen molar-refractivity contribution in [1.82, 2.24) is 14.6 Å². The molecular weight excluding hydrogens is 294 g/mol. The van der Waals surface area contributed by atoms with E-state index in [1.807, 2.05) is 12.1 Å². The van der Waals surface area contributed by atoms with E-state index < -0.39 is 10.0 Å². The van der Waals surface area contributed by atoms with Gasteiger partial charge in [-0.25, -0.2) is 8.42 Å². The van der Waals surface area contributed by atoms with Crippen molar-refractivity contribution in [2.24, 2.45) is 0 Å². The van der Waals surface area contributed by atoms with E-state index in [0.717, 1.165) is 11.8 Å². The third kappa shape index (κ3) is 7.16. The first kappa shape index (κ1) is 17.5. The van der Waals surface area contributed by atoms with Gasteiger partial charge in [-0.05, 0) is 17.7 Å². The Balaban J connectivity index is 2.39. The van der Waals surface area contributed by atoms with Crippen molar-refractivity contribution in [3.8, 4) is 0 Å². The molecule has 0 bridgehead atoms. The van der Waals surface area contributed by atoms with Gasteiger partial charge in [0.1, 0.15) is 0 Å². The average Bonchev–Trinajstić information content (AvgIpc) is 2.45. The minimum Gasteiger partial charge on any atom is -0.383 e. The van der Waals surface area contributed by atoms with Crippen LogP contribution >= 0.6 is 0 Å². The molecule has 7 nitrogen and oxygen atoms in total. The predicted octanol–water partition coefficient (Wildman–Crippen LogP) is -0.00410. The fourth-order valence-electron chi connectivity index (χ4n) is 1.65. The number of methoxy groups -OCH3 is 1. The molecule has 1 heterocycles. The van der Waals surface area contributed by atoms with Gasteiger partial charge in [0.25, 0.3) is 0 Å². The lowest BCUT2D eigenvalue weighted by Gasteiger charge is -2.19. The maximum atomic E-state index is 11.7. The second kappa shape index (κ2) is 8.71. The molecule has 1 rings (SSSR count). The minimum absolute atomic E-state index is 0.113. The molecule has 0 fully saturated rings. The highest BCUT2D eigenvalue weighted by molar-refractivity contribution is 7.88. The molecule has 1 aromatic rings. The van der Waals surface area contributed by atoms with Gasteiger partial charge in [-0.2, -0.15) is 4.31 Å². The number of pyridine rings is 1. The lowest BCUT2D eigenvalue weighted by atomic mass is 10.2. The summed E-state index contributed by atoms with van der Waals surface area (Å²) in [6.07, 6.45) is 4.54. The van der Waals surface area contributed by atoms with E-state index in [1.54, 1.807) is 12.4 Å². The number of ether oxygens (including phenoxy) is 1. The monoisotopic (exact) mass is 315 g/mol. The summed E-state index contributed by atoms with van der Waals surface area (Å²) in [4.78, 5) is 15.6. The van der Waals surface area contributed by atoms with Gasteiger partial charge in [0.05, 0.1) is 12.9 Å². The first-order chi connectivity index (χ1) is 9.93. The van der Waals surface area contributed by atoms with Crippen LogP contribution < -0.4 is 5.32 Å². The van der Waals surface area contributed by atoms with E-state index >= 15 is 0 Å². The molecule has 1 amide bonds. The van der Waals surface area contributed by atoms with Crippen molar-refractivity contribution in [3.05, 3.63) is 30.1 Å². The number of amides is 1. The molecule has 0 unspecified atom stereocenters. The number of nitrogens with one attached hydrogen (secondary N) is 1. The van der Waals surface area contributed by atoms with Crippen molar-refractivity contribution >= 4 is 15.9 Å². The summed E-state index contributed by atoms with van der Waals surface area (Å²) in [5, 5.41) is 2.74. The molecule has 1 N–H and O–H groups in total. The van der Waals surface area contributed by atoms with Crippen LogP contribution in [0.1, 0.15) is 12.0 Å². The van der Waals surface area contributed by atoms with Crippen molar-refractivity contribution in [2.45, 2.75) is 13.0 Å². The van der Waals surface area contributed by atoms with E-state index in [1.165, 1.54) is 11.4 Å². The zero-order valence-corrected chi connectivity index (χ0v) is 13.1. The molecule has 0 radical (unpaired) electrons. The largest absolute Gasteiger partial charge is 0.383 e. The van der Waals surface area contributed by atoms with E-state index in [0.29, 0.717) is 13.2 Å². The number of sulfonamides is 1. The third-order valence-corrected chi connectivity index (χ3v) is 4.14. The second-order valence-corrected chi connectivity index (χ2v) is 6.52. The molecule has 0 spiro atoms. The standard InChI is InChI=1S/C13H21N3O4S/c1-20-10-9-16(21(2,18)19)8-5-13(17)15-11-12-3-6-14-7-4-12/h3-4,6-7H,5,8-11H2,1-2H3,(H,15,17). The highest BCUT2D eigenvalue weighted by atomic mass is 32.2. The van der Waals surface area contributed by atoms with Gasteiger partial charge >= 0.3 is 0 Å². The molecule has 118 valence electrons. The van der Waals surface area contributed by atoms with Gasteiger partial charge in [0.15, 0.2) is 0 Å². The van der Waals surface area contributed by atoms with Crippen LogP contribution in [0.3, 0.4) is 0 Å². The fourth-order valence-corrected chi connectivity index (χ4v) is 2.48. The maximum absolute atomic E-state index is 11.7. The molecule has 0 aliphatic heterocycles. The van der Waals surface area contributed by atoms with Crippen LogP contribution in [0.15, 0.2) is 24.5 Å². The molecule has 0 saturated heterocycles. The van der Waals surface area contributed by atoms with E-state index in [4.69, 9.17) is 4.74 Å². The highest BCUT2D eigenvalue weighted by Crippen LogP contribution is 2.00. The molecule has 21 heavy (non-hydrogen) atoms. The number of nitrogens with zero attached hydrogens (tertiary/aromatic N) is 2. The fraction of sp³-hybridized carbons (Fsp3) is 0.538. The Bertz CT molecular complexity index is 534. The van der Waals surface area contributed by atoms with E-state index in [2.05, 4.69) is 10.3 Å². The van der Waals surface area contributed by atoms with Gasteiger partial charge in [0.2, 0.25) is 15.9 Å². The Morgan fingerprint density at radius 1 is 1.33 bits per heavy atom. The molecule has 1 aromatic heterocycles. The Labute approximate surface area is 125 Å². The van der Waals surface area contributed by atoms with Crippen molar-refractivity contribution < 1.29 is 17.9 Å². The van der Waals surface area contributed by atoms with Gasteiger partial charge in [-0.15, -0.1) is 0 Å². The summed E-state index contributed by atoms with van der Waals surface area (Å²) in [6, 6.07) is 3.61. The Hall–Kier alpha value is -1.51. The SMILES string of the molecule is COCCN(CCC(=O)NCc1ccncc1)S(C)(=O)=O. The zero-order chi connectivity index (χ0) is 15.7. The number of aromatic nitrogens is 1. The Morgan fingerprint density at radius 2 is 2.00 bits per heavy atom. The van der Waals surface area contributed by atoms with Crippen molar-refractivity contribution in [1.29, 1.82) is 0 Å². The molecule has 0 aliphatic carbocycles. The summed E-state index contributed by atoms with van der Waals surface area (Å²) in [7, 11) is -1.83. The van der Waals surface area contributed by atoms with Crippen LogP contribution in [0.2, 0.25) is 0 Å². The maximum Gasteiger partial charge on any atom is 0.221 e. The first-order valence-corrected chi connectivity index (χ1v) is 8.38. The van der Waals surface area contributed by atoms with E-state index in [-0.39, 0.29) is 25.4 Å². The van der Waals surface area contributed by atoms with Gasteiger partial charge < -0.3 is 10.1 Å². The lowest BCUT2D eigenvalue weighted by molar-refractivity contribution is -0.121. The Morgan fingerprint density at radius 3 is 2.57 bits per heavy atom. The van der Waals surface area contributed by atoms with Crippen LogP contribution in [0.4, 0.5) is 0 Å². The third-order valence-electron chi connectivity index (χ3n) is 2.84. The first-order valence-electron chi connectivity index (χ1n) is 6.53. The van der Waals surface area contributed by atoms with Crippen LogP contribution in [0.25, 0.3) is 0 Å². The van der Waals surface area contributed by atoms with Crippen LogP contribution in [0.5, 0.6) is 0 Å². The van der Waals surface area contributed by atoms with Crippen molar-refractivity contribution in [3.63, 3.8) is 0 Å². The zero-order valence-electron chi connectivity index (χ0n) is 12.3. The summed E-state index contributed by atoms with van der Waals surface area (Å²) in [5.41, 5.74) is 0.942. The average molecular weight is 315 g/mol. The second-order valence-electron chi connectivity index (χ2n) is 4.54. The topological polar surface area (TPSA) is 88.6 Å². The molecule has 0 saturated carbocycles. The number of carbonyl (C=O) groups is 1. The van der Waals surface area contributed by atoms with Gasteiger partial charge in [-0.3, -0.25) is 9.78 Å². The molecule has 0 aromatic carbocycles. The summed E-state index contributed by atoms with van der Waals surface area (Å²) in [6.45, 7) is 1.08. The lowest BCUT2D eigenvalue weighted by Crippen LogP contribution is -2.36. The quantitative estimate of drug-likeness (QED) is 0.693. The van der Waals surface area contributed by atoms with Crippen LogP contribution in [-0.4, -0.2) is 56.7 Å². The summed E-state index contributed by atoms with van der Waals surface area (Å²) in [5.74, 6) is -0.196. The van der Waals surface area contributed by atoms with Crippen LogP contribution in [-0.2, 0) is 26.1 Å². The van der Waals surface area contributed by atoms with Gasteiger partial charge in [-0.1, -0.05) is 0 Å². The molecular formula is C13H21N3O4S. The number of hydrogen-bond donors (Lipinski definition) is 1. The smallest absolute Gasteiger partial charge is 0.221 e. The minimum atomic E-state index is -3.33. The van der Waals surface area contributed by atoms with Crippen molar-refractivity contribution in [2.75, 3.05) is 33.1 Å². The number of carbonyl (C=O) groups excluding carboxylic acids is 1. The number of hydrogen-bond acceptors (Lipinski definition) is 5. The normalized spacial score (nSPS) is 11.6. The Kier molecular flexibility index (Phi) is 7.27. The van der Waals surface area contributed by atoms with Gasteiger partial charge in [0, 0.05) is 45.6 Å². The number of rotatable bonds is 9. The van der Waals surface area contributed by atoms with E-state index in [9.17, 15) is 13.2 Å². The summed E-state index contributed by atoms with van der Waals surface area (Å²) < 4.78 is 29.2. The molecule has 0 aliphatic rings.